The number of rotatable bonds is 8. The Morgan fingerprint density at radius 1 is 1.24 bits per heavy atom. The Hall–Kier alpha value is -2.82. The topological polar surface area (TPSA) is 107 Å². The van der Waals surface area contributed by atoms with Gasteiger partial charge in [0.2, 0.25) is 15.9 Å². The lowest BCUT2D eigenvalue weighted by atomic mass is 9.59. The Morgan fingerprint density at radius 3 is 2.63 bits per heavy atom. The molecule has 2 aliphatic rings. The standard InChI is InChI=1S/C28H35FN3O5S/c1-19-22(10-7-11-24(19)29)25-23(26(34)20-8-6-9-21(33)16-20)17-30-18-28(25,12-15-31(2)38(3,36)37)27(35)32-13-4-5-14-32/h6-11,13,16,23,25,30,33H,4-5,12,14-15,17-18H2,1-3H3/t23-,25-,28+/m0/s1. The molecule has 2 aliphatic heterocycles. The number of carbonyl (C=O) groups excluding carboxylic acids is 2. The van der Waals surface area contributed by atoms with Crippen LogP contribution in [0, 0.1) is 30.6 Å². The normalized spacial score (nSPS) is 24.1. The van der Waals surface area contributed by atoms with Crippen LogP contribution in [0.5, 0.6) is 5.75 Å². The van der Waals surface area contributed by atoms with Gasteiger partial charge in [-0.25, -0.2) is 17.1 Å². The molecular formula is C28H35FN3O5S. The van der Waals surface area contributed by atoms with Crippen molar-refractivity contribution in [2.24, 2.45) is 11.3 Å². The zero-order valence-electron chi connectivity index (χ0n) is 22.0. The molecule has 38 heavy (non-hydrogen) atoms. The first-order chi connectivity index (χ1) is 18.0. The van der Waals surface area contributed by atoms with Crippen LogP contribution in [0.4, 0.5) is 4.39 Å². The Bertz CT molecular complexity index is 1310. The van der Waals surface area contributed by atoms with Crippen molar-refractivity contribution in [3.05, 3.63) is 71.5 Å². The summed E-state index contributed by atoms with van der Waals surface area (Å²) in [4.78, 5) is 30.0. The Labute approximate surface area is 223 Å². The maximum Gasteiger partial charge on any atom is 0.231 e. The molecule has 0 aliphatic carbocycles. The van der Waals surface area contributed by atoms with E-state index in [0.29, 0.717) is 23.2 Å². The van der Waals surface area contributed by atoms with Crippen LogP contribution in [0.1, 0.15) is 46.7 Å². The molecular weight excluding hydrogens is 509 g/mol. The number of nitrogens with one attached hydrogen (secondary N) is 1. The van der Waals surface area contributed by atoms with Crippen molar-refractivity contribution in [3.8, 4) is 5.75 Å². The summed E-state index contributed by atoms with van der Waals surface area (Å²) in [6.07, 6.45) is 2.80. The predicted molar refractivity (Wildman–Crippen MR) is 142 cm³/mol. The molecule has 2 aromatic rings. The van der Waals surface area contributed by atoms with E-state index in [2.05, 4.69) is 5.32 Å². The zero-order valence-corrected chi connectivity index (χ0v) is 22.8. The molecule has 2 saturated heterocycles. The molecule has 8 nitrogen and oxygen atoms in total. The number of benzene rings is 2. The minimum absolute atomic E-state index is 0.0536. The lowest BCUT2D eigenvalue weighted by Crippen LogP contribution is -2.60. The van der Waals surface area contributed by atoms with Gasteiger partial charge in [0, 0.05) is 50.6 Å². The van der Waals surface area contributed by atoms with Crippen LogP contribution in [-0.2, 0) is 14.8 Å². The number of likely N-dealkylation sites (tertiary alicyclic amines) is 1. The van der Waals surface area contributed by atoms with Crippen LogP contribution in [0.2, 0.25) is 0 Å². The fraction of sp³-hybridized carbons (Fsp3) is 0.464. The van der Waals surface area contributed by atoms with Gasteiger partial charge in [0.1, 0.15) is 11.6 Å². The molecule has 1 amide bonds. The summed E-state index contributed by atoms with van der Waals surface area (Å²) in [5.74, 6) is -2.47. The molecule has 2 N–H and O–H groups in total. The van der Waals surface area contributed by atoms with E-state index >= 15 is 0 Å². The first kappa shape index (κ1) is 28.2. The molecule has 0 unspecified atom stereocenters. The lowest BCUT2D eigenvalue weighted by molar-refractivity contribution is -0.143. The second-order valence-electron chi connectivity index (χ2n) is 10.4. The molecule has 1 radical (unpaired) electrons. The van der Waals surface area contributed by atoms with Crippen molar-refractivity contribution in [2.45, 2.75) is 32.1 Å². The summed E-state index contributed by atoms with van der Waals surface area (Å²) in [5.41, 5.74) is -0.0277. The number of ketones is 1. The highest BCUT2D eigenvalue weighted by atomic mass is 32.2. The summed E-state index contributed by atoms with van der Waals surface area (Å²) in [6, 6.07) is 10.7. The van der Waals surface area contributed by atoms with E-state index in [1.54, 1.807) is 36.1 Å². The SMILES string of the molecule is Cc1c(F)cccc1[C@H]1[C@@H](C(=O)c2cccc(O)c2)CNC[C@@]1(CCN(C)S(C)(=O)=O)C(=O)N1[CH]CCC1. The van der Waals surface area contributed by atoms with Gasteiger partial charge in [0.25, 0.3) is 0 Å². The molecule has 4 rings (SSSR count). The highest BCUT2D eigenvalue weighted by Crippen LogP contribution is 2.50. The molecule has 3 atom stereocenters. The molecule has 2 fully saturated rings. The fourth-order valence-corrected chi connectivity index (χ4v) is 6.23. The largest absolute Gasteiger partial charge is 0.508 e. The number of phenolic OH excluding ortho intramolecular Hbond substituents is 1. The fourth-order valence-electron chi connectivity index (χ4n) is 5.81. The number of sulfonamides is 1. The molecule has 2 heterocycles. The van der Waals surface area contributed by atoms with E-state index < -0.39 is 33.1 Å². The molecule has 0 saturated carbocycles. The minimum Gasteiger partial charge on any atom is -0.508 e. The highest BCUT2D eigenvalue weighted by molar-refractivity contribution is 7.88. The number of Topliss-reactive ketones (excluding diaryl/α,β-unsaturated/α-hetero) is 1. The monoisotopic (exact) mass is 544 g/mol. The summed E-state index contributed by atoms with van der Waals surface area (Å²) in [5, 5.41) is 13.3. The second-order valence-corrected chi connectivity index (χ2v) is 12.5. The Kier molecular flexibility index (Phi) is 8.25. The summed E-state index contributed by atoms with van der Waals surface area (Å²) >= 11 is 0. The van der Waals surface area contributed by atoms with E-state index in [0.717, 1.165) is 19.1 Å². The summed E-state index contributed by atoms with van der Waals surface area (Å²) < 4.78 is 40.7. The molecule has 2 aromatic carbocycles. The number of amides is 1. The second kappa shape index (κ2) is 11.1. The molecule has 10 heteroatoms. The van der Waals surface area contributed by atoms with Crippen LogP contribution >= 0.6 is 0 Å². The summed E-state index contributed by atoms with van der Waals surface area (Å²) in [6.45, 7) is 4.53. The van der Waals surface area contributed by atoms with E-state index in [-0.39, 0.29) is 43.5 Å². The Balaban J connectivity index is 1.89. The van der Waals surface area contributed by atoms with Crippen LogP contribution in [-0.4, -0.2) is 73.9 Å². The van der Waals surface area contributed by atoms with Gasteiger partial charge in [-0.15, -0.1) is 0 Å². The third kappa shape index (κ3) is 5.48. The van der Waals surface area contributed by atoms with Crippen LogP contribution in [0.3, 0.4) is 0 Å². The number of aromatic hydroxyl groups is 1. The third-order valence-corrected chi connectivity index (χ3v) is 9.31. The number of carbonyl (C=O) groups is 2. The van der Waals surface area contributed by atoms with Crippen LogP contribution in [0.15, 0.2) is 42.5 Å². The van der Waals surface area contributed by atoms with Crippen molar-refractivity contribution in [1.82, 2.24) is 14.5 Å². The van der Waals surface area contributed by atoms with Crippen LogP contribution in [0.25, 0.3) is 0 Å². The Morgan fingerprint density at radius 2 is 1.97 bits per heavy atom. The van der Waals surface area contributed by atoms with Gasteiger partial charge >= 0.3 is 0 Å². The van der Waals surface area contributed by atoms with Crippen molar-refractivity contribution in [3.63, 3.8) is 0 Å². The van der Waals surface area contributed by atoms with Crippen molar-refractivity contribution < 1.29 is 27.5 Å². The minimum atomic E-state index is -3.52. The number of piperidine rings is 1. The van der Waals surface area contributed by atoms with Gasteiger partial charge in [-0.05, 0) is 55.5 Å². The summed E-state index contributed by atoms with van der Waals surface area (Å²) in [7, 11) is -2.06. The van der Waals surface area contributed by atoms with Gasteiger partial charge in [0.15, 0.2) is 5.78 Å². The predicted octanol–water partition coefficient (Wildman–Crippen LogP) is 3.08. The van der Waals surface area contributed by atoms with Gasteiger partial charge < -0.3 is 15.3 Å². The number of halogens is 1. The first-order valence-electron chi connectivity index (χ1n) is 12.8. The average molecular weight is 545 g/mol. The van der Waals surface area contributed by atoms with Crippen molar-refractivity contribution >= 4 is 21.7 Å². The average Bonchev–Trinajstić information content (AvgIpc) is 3.42. The first-order valence-corrected chi connectivity index (χ1v) is 14.7. The number of nitrogens with zero attached hydrogens (tertiary/aromatic N) is 2. The van der Waals surface area contributed by atoms with Crippen molar-refractivity contribution in [1.29, 1.82) is 0 Å². The maximum atomic E-state index is 14.9. The van der Waals surface area contributed by atoms with Gasteiger partial charge in [-0.1, -0.05) is 24.3 Å². The van der Waals surface area contributed by atoms with Gasteiger partial charge in [-0.2, -0.15) is 0 Å². The quantitative estimate of drug-likeness (QED) is 0.495. The van der Waals surface area contributed by atoms with Crippen molar-refractivity contribution in [2.75, 3.05) is 39.5 Å². The zero-order chi connectivity index (χ0) is 27.7. The number of hydrogen-bond donors (Lipinski definition) is 2. The van der Waals surface area contributed by atoms with E-state index in [1.165, 1.54) is 29.6 Å². The smallest absolute Gasteiger partial charge is 0.231 e. The van der Waals surface area contributed by atoms with Crippen LogP contribution < -0.4 is 5.32 Å². The van der Waals surface area contributed by atoms with Gasteiger partial charge in [-0.3, -0.25) is 9.59 Å². The molecule has 0 spiro atoms. The van der Waals surface area contributed by atoms with E-state index in [9.17, 15) is 27.5 Å². The number of phenols is 1. The lowest BCUT2D eigenvalue weighted by Gasteiger charge is -2.49. The highest BCUT2D eigenvalue weighted by Gasteiger charge is 2.55. The third-order valence-electron chi connectivity index (χ3n) is 7.99. The maximum absolute atomic E-state index is 14.9. The molecule has 0 aromatic heterocycles. The number of hydrogen-bond acceptors (Lipinski definition) is 6. The van der Waals surface area contributed by atoms with E-state index in [4.69, 9.17) is 0 Å². The molecule has 205 valence electrons. The van der Waals surface area contributed by atoms with E-state index in [1.807, 2.05) is 6.54 Å². The molecule has 0 bridgehead atoms. The van der Waals surface area contributed by atoms with Gasteiger partial charge in [0.05, 0.1) is 18.2 Å².